The van der Waals surface area contributed by atoms with E-state index in [1.54, 1.807) is 48.6 Å². The number of amides is 2. The lowest BCUT2D eigenvalue weighted by Gasteiger charge is -2.36. The third-order valence-corrected chi connectivity index (χ3v) is 8.55. The van der Waals surface area contributed by atoms with Crippen molar-refractivity contribution in [1.82, 2.24) is 9.37 Å². The largest absolute Gasteiger partial charge is 0.622 e. The van der Waals surface area contributed by atoms with Crippen LogP contribution in [0.2, 0.25) is 4.34 Å². The van der Waals surface area contributed by atoms with Gasteiger partial charge in [0, 0.05) is 22.4 Å². The number of hydroxylamine groups is 2. The molecular weight excluding hydrogens is 498 g/mol. The summed E-state index contributed by atoms with van der Waals surface area (Å²) in [6, 6.07) is 11.9. The van der Waals surface area contributed by atoms with E-state index >= 15 is 0 Å². The van der Waals surface area contributed by atoms with Crippen LogP contribution in [0.4, 0.5) is 16.2 Å². The van der Waals surface area contributed by atoms with E-state index in [2.05, 4.69) is 5.32 Å². The molecule has 0 saturated carbocycles. The Morgan fingerprint density at radius 1 is 1.09 bits per heavy atom. The number of halogens is 1. The first kappa shape index (κ1) is 22.5. The summed E-state index contributed by atoms with van der Waals surface area (Å²) in [5.74, 6) is -0.208. The molecule has 2 aromatic carbocycles. The molecular formula is C23H16ClN3O5S2. The van der Waals surface area contributed by atoms with Gasteiger partial charge in [0.2, 0.25) is 0 Å². The maximum Gasteiger partial charge on any atom is 0.333 e. The SMILES string of the molecule is O=C(Nc1ccc([N+]2([O-])C=C3C(=O)C=CC=C3C2)c2ccccc12)NS(=O)(=O)c1ccc(Cl)s1. The summed E-state index contributed by atoms with van der Waals surface area (Å²) in [4.78, 5) is 24.7. The van der Waals surface area contributed by atoms with Crippen LogP contribution in [0, 0.1) is 5.21 Å². The Labute approximate surface area is 203 Å². The second-order valence-electron chi connectivity index (χ2n) is 7.71. The quantitative estimate of drug-likeness (QED) is 0.383. The van der Waals surface area contributed by atoms with Gasteiger partial charge >= 0.3 is 6.03 Å². The minimum Gasteiger partial charge on any atom is -0.622 e. The number of carbonyl (C=O) groups excluding carboxylic acids is 2. The second-order valence-corrected chi connectivity index (χ2v) is 11.3. The molecule has 11 heteroatoms. The molecule has 8 nitrogen and oxygen atoms in total. The van der Waals surface area contributed by atoms with E-state index in [1.165, 1.54) is 24.4 Å². The highest BCUT2D eigenvalue weighted by Gasteiger charge is 2.35. The number of sulfonamides is 1. The summed E-state index contributed by atoms with van der Waals surface area (Å²) in [7, 11) is -4.09. The van der Waals surface area contributed by atoms with E-state index in [0.717, 1.165) is 11.3 Å². The van der Waals surface area contributed by atoms with Gasteiger partial charge in [-0.3, -0.25) is 9.44 Å². The molecule has 1 aliphatic carbocycles. The van der Waals surface area contributed by atoms with Gasteiger partial charge in [-0.15, -0.1) is 11.3 Å². The second kappa shape index (κ2) is 8.19. The fourth-order valence-corrected chi connectivity index (χ4v) is 6.41. The van der Waals surface area contributed by atoms with E-state index in [9.17, 15) is 23.2 Å². The number of benzene rings is 2. The van der Waals surface area contributed by atoms with Crippen LogP contribution in [0.15, 0.2) is 88.3 Å². The maximum atomic E-state index is 13.8. The molecule has 0 bridgehead atoms. The molecule has 34 heavy (non-hydrogen) atoms. The fourth-order valence-electron chi connectivity index (χ4n) is 4.02. The molecule has 3 aromatic rings. The Bertz CT molecular complexity index is 1570. The van der Waals surface area contributed by atoms with Crippen molar-refractivity contribution in [3.63, 3.8) is 0 Å². The molecule has 2 heterocycles. The molecule has 5 rings (SSSR count). The number of nitrogens with one attached hydrogen (secondary N) is 2. The first-order chi connectivity index (χ1) is 16.2. The summed E-state index contributed by atoms with van der Waals surface area (Å²) in [5, 5.41) is 17.4. The Balaban J connectivity index is 1.47. The summed E-state index contributed by atoms with van der Waals surface area (Å²) in [6.07, 6.45) is 6.21. The van der Waals surface area contributed by atoms with E-state index in [0.29, 0.717) is 33.3 Å². The molecule has 0 spiro atoms. The Kier molecular flexibility index (Phi) is 5.42. The first-order valence-electron chi connectivity index (χ1n) is 10.0. The predicted octanol–water partition coefficient (Wildman–Crippen LogP) is 4.83. The van der Waals surface area contributed by atoms with Crippen molar-refractivity contribution in [2.24, 2.45) is 0 Å². The van der Waals surface area contributed by atoms with Gasteiger partial charge in [-0.2, -0.15) is 0 Å². The lowest BCUT2D eigenvalue weighted by Crippen LogP contribution is -2.35. The van der Waals surface area contributed by atoms with Crippen LogP contribution in [0.3, 0.4) is 0 Å². The number of hydrogen-bond donors (Lipinski definition) is 2. The van der Waals surface area contributed by atoms with Gasteiger partial charge in [0.1, 0.15) is 22.6 Å². The number of fused-ring (bicyclic) bond motifs is 2. The van der Waals surface area contributed by atoms with Crippen molar-refractivity contribution in [1.29, 1.82) is 0 Å². The van der Waals surface area contributed by atoms with Crippen LogP contribution in [0.25, 0.3) is 10.8 Å². The van der Waals surface area contributed by atoms with Crippen LogP contribution in [-0.4, -0.2) is 26.8 Å². The third kappa shape index (κ3) is 3.95. The lowest BCUT2D eigenvalue weighted by molar-refractivity contribution is -0.111. The molecule has 0 saturated heterocycles. The zero-order valence-electron chi connectivity index (χ0n) is 17.3. The van der Waals surface area contributed by atoms with Crippen LogP contribution in [0.5, 0.6) is 0 Å². The van der Waals surface area contributed by atoms with E-state index in [1.807, 2.05) is 4.72 Å². The van der Waals surface area contributed by atoms with Gasteiger partial charge in [-0.1, -0.05) is 42.0 Å². The molecule has 2 N–H and O–H groups in total. The third-order valence-electron chi connectivity index (χ3n) is 5.50. The average molecular weight is 514 g/mol. The number of anilines is 1. The van der Waals surface area contributed by atoms with Crippen molar-refractivity contribution in [3.05, 3.63) is 93.6 Å². The summed E-state index contributed by atoms with van der Waals surface area (Å²) in [5.41, 5.74) is 1.79. The van der Waals surface area contributed by atoms with Gasteiger partial charge in [0.15, 0.2) is 5.78 Å². The average Bonchev–Trinajstić information content (AvgIpc) is 3.38. The van der Waals surface area contributed by atoms with Gasteiger partial charge in [0.05, 0.1) is 15.6 Å². The summed E-state index contributed by atoms with van der Waals surface area (Å²) in [6.45, 7) is 0.0737. The normalized spacial score (nSPS) is 19.5. The van der Waals surface area contributed by atoms with Crippen molar-refractivity contribution in [3.8, 4) is 0 Å². The zero-order chi connectivity index (χ0) is 24.1. The molecule has 0 fully saturated rings. The number of carbonyl (C=O) groups is 2. The minimum absolute atomic E-state index is 0.0737. The standard InChI is InChI=1S/C23H16ClN3O5S2/c24-21-10-11-22(33-21)34(31,32)26-23(29)25-18-8-9-19(16-6-2-1-5-15(16)18)27(30)12-14-4-3-7-20(28)17(14)13-27/h1-11,13H,12H2,(H2,25,26,29). The molecule has 1 unspecified atom stereocenters. The Morgan fingerprint density at radius 3 is 2.56 bits per heavy atom. The van der Waals surface area contributed by atoms with Crippen molar-refractivity contribution in [2.45, 2.75) is 4.21 Å². The molecule has 2 aliphatic rings. The highest BCUT2D eigenvalue weighted by molar-refractivity contribution is 7.92. The monoisotopic (exact) mass is 513 g/mol. The molecule has 172 valence electrons. The van der Waals surface area contributed by atoms with Crippen LogP contribution in [0.1, 0.15) is 0 Å². The summed E-state index contributed by atoms with van der Waals surface area (Å²) < 4.78 is 26.1. The topological polar surface area (TPSA) is 115 Å². The van der Waals surface area contributed by atoms with Crippen LogP contribution in [-0.2, 0) is 14.8 Å². The molecule has 1 aliphatic heterocycles. The number of quaternary nitrogens is 1. The van der Waals surface area contributed by atoms with E-state index < -0.39 is 20.7 Å². The number of rotatable bonds is 4. The maximum absolute atomic E-state index is 13.8. The molecule has 1 aromatic heterocycles. The zero-order valence-corrected chi connectivity index (χ0v) is 19.7. The smallest absolute Gasteiger partial charge is 0.333 e. The van der Waals surface area contributed by atoms with Gasteiger partial charge in [0.25, 0.3) is 10.0 Å². The predicted molar refractivity (Wildman–Crippen MR) is 133 cm³/mol. The van der Waals surface area contributed by atoms with Crippen molar-refractivity contribution in [2.75, 3.05) is 11.9 Å². The van der Waals surface area contributed by atoms with Gasteiger partial charge in [-0.05, 0) is 30.3 Å². The summed E-state index contributed by atoms with van der Waals surface area (Å²) >= 11 is 6.62. The number of hydrogen-bond acceptors (Lipinski definition) is 6. The molecule has 1 atom stereocenters. The van der Waals surface area contributed by atoms with Gasteiger partial charge in [-0.25, -0.2) is 17.9 Å². The molecule has 0 radical (unpaired) electrons. The number of ketones is 1. The Morgan fingerprint density at radius 2 is 1.85 bits per heavy atom. The fraction of sp³-hybridized carbons (Fsp3) is 0.0435. The highest BCUT2D eigenvalue weighted by Crippen LogP contribution is 2.41. The number of urea groups is 1. The molecule has 2 amide bonds. The Hall–Kier alpha value is -3.28. The lowest BCUT2D eigenvalue weighted by atomic mass is 10.0. The van der Waals surface area contributed by atoms with E-state index in [4.69, 9.17) is 11.6 Å². The number of nitrogens with zero attached hydrogens (tertiary/aromatic N) is 1. The van der Waals surface area contributed by atoms with Crippen molar-refractivity contribution >= 4 is 66.9 Å². The number of allylic oxidation sites excluding steroid dienone is 3. The van der Waals surface area contributed by atoms with Crippen LogP contribution < -0.4 is 14.7 Å². The highest BCUT2D eigenvalue weighted by atomic mass is 35.5. The van der Waals surface area contributed by atoms with E-state index in [-0.39, 0.29) is 20.9 Å². The van der Waals surface area contributed by atoms with Crippen LogP contribution >= 0.6 is 22.9 Å². The first-order valence-corrected chi connectivity index (χ1v) is 12.7. The minimum atomic E-state index is -4.09. The number of thiophene rings is 1. The van der Waals surface area contributed by atoms with Gasteiger partial charge < -0.3 is 10.5 Å². The van der Waals surface area contributed by atoms with Crippen molar-refractivity contribution < 1.29 is 18.0 Å².